The van der Waals surface area contributed by atoms with Gasteiger partial charge < -0.3 is 5.32 Å². The van der Waals surface area contributed by atoms with Gasteiger partial charge in [0, 0.05) is 6.07 Å². The molecule has 0 fully saturated rings. The van der Waals surface area contributed by atoms with Crippen LogP contribution < -0.4 is 5.32 Å². The summed E-state index contributed by atoms with van der Waals surface area (Å²) < 4.78 is 27.7. The number of rotatable bonds is 5. The second kappa shape index (κ2) is 6.62. The first-order valence-corrected chi connectivity index (χ1v) is 7.10. The smallest absolute Gasteiger partial charge is 0.143 e. The van der Waals surface area contributed by atoms with Crippen molar-refractivity contribution in [3.05, 3.63) is 71.8 Å². The number of halogens is 2. The molecule has 1 N–H and O–H groups in total. The maximum absolute atomic E-state index is 13.2. The fourth-order valence-corrected chi connectivity index (χ4v) is 2.30. The molecular formula is C16H15F2N5. The summed E-state index contributed by atoms with van der Waals surface area (Å²) in [4.78, 5) is 3.80. The van der Waals surface area contributed by atoms with Crippen LogP contribution in [0.15, 0.2) is 48.9 Å². The Morgan fingerprint density at radius 2 is 1.91 bits per heavy atom. The summed E-state index contributed by atoms with van der Waals surface area (Å²) in [5, 5.41) is 11.3. The highest BCUT2D eigenvalue weighted by atomic mass is 19.1. The molecule has 5 nitrogen and oxygen atoms in total. The number of benzene rings is 1. The van der Waals surface area contributed by atoms with Crippen molar-refractivity contribution in [1.82, 2.24) is 25.3 Å². The minimum absolute atomic E-state index is 0.0873. The van der Waals surface area contributed by atoms with E-state index in [9.17, 15) is 8.78 Å². The van der Waals surface area contributed by atoms with Gasteiger partial charge in [-0.15, -0.1) is 5.10 Å². The Hall–Kier alpha value is -2.67. The van der Waals surface area contributed by atoms with Gasteiger partial charge in [0.2, 0.25) is 0 Å². The summed E-state index contributed by atoms with van der Waals surface area (Å²) in [5.74, 6) is -0.699. The topological polar surface area (TPSA) is 55.6 Å². The molecule has 7 heteroatoms. The molecule has 0 saturated heterocycles. The summed E-state index contributed by atoms with van der Waals surface area (Å²) in [6, 6.07) is 7.58. The minimum atomic E-state index is -0.434. The molecule has 2 aromatic heterocycles. The molecule has 118 valence electrons. The lowest BCUT2D eigenvalue weighted by Crippen LogP contribution is -2.19. The van der Waals surface area contributed by atoms with Gasteiger partial charge in [0.25, 0.3) is 0 Å². The van der Waals surface area contributed by atoms with Gasteiger partial charge in [0.05, 0.1) is 30.3 Å². The van der Waals surface area contributed by atoms with Gasteiger partial charge in [-0.25, -0.2) is 13.5 Å². The lowest BCUT2D eigenvalue weighted by atomic mass is 10.0. The predicted octanol–water partition coefficient (Wildman–Crippen LogP) is 2.44. The SMILES string of the molecule is CNC(Cc1ccc(F)cc1)c1cn(-c2cncc(F)c2)nn1. The van der Waals surface area contributed by atoms with E-state index in [0.717, 1.165) is 11.8 Å². The fourth-order valence-electron chi connectivity index (χ4n) is 2.30. The van der Waals surface area contributed by atoms with Crippen LogP contribution in [-0.2, 0) is 6.42 Å². The molecule has 0 spiro atoms. The Bertz CT molecular complexity index is 785. The van der Waals surface area contributed by atoms with Crippen molar-refractivity contribution in [3.8, 4) is 5.69 Å². The van der Waals surface area contributed by atoms with Gasteiger partial charge >= 0.3 is 0 Å². The third-order valence-electron chi connectivity index (χ3n) is 3.52. The van der Waals surface area contributed by atoms with E-state index in [1.54, 1.807) is 18.3 Å². The van der Waals surface area contributed by atoms with E-state index < -0.39 is 5.82 Å². The number of hydrogen-bond donors (Lipinski definition) is 1. The molecule has 0 aliphatic rings. The van der Waals surface area contributed by atoms with Crippen molar-refractivity contribution in [2.24, 2.45) is 0 Å². The third-order valence-corrected chi connectivity index (χ3v) is 3.52. The monoisotopic (exact) mass is 315 g/mol. The van der Waals surface area contributed by atoms with E-state index in [4.69, 9.17) is 0 Å². The highest BCUT2D eigenvalue weighted by Gasteiger charge is 2.15. The molecule has 1 aromatic carbocycles. The van der Waals surface area contributed by atoms with Gasteiger partial charge in [-0.3, -0.25) is 4.98 Å². The molecule has 0 saturated carbocycles. The number of hydrogen-bond acceptors (Lipinski definition) is 4. The first-order chi connectivity index (χ1) is 11.2. The molecule has 0 bridgehead atoms. The molecular weight excluding hydrogens is 300 g/mol. The minimum Gasteiger partial charge on any atom is -0.311 e. The van der Waals surface area contributed by atoms with Crippen molar-refractivity contribution >= 4 is 0 Å². The van der Waals surface area contributed by atoms with Crippen LogP contribution in [0.5, 0.6) is 0 Å². The second-order valence-electron chi connectivity index (χ2n) is 5.12. The van der Waals surface area contributed by atoms with E-state index in [0.29, 0.717) is 17.8 Å². The standard InChI is InChI=1S/C16H15F2N5/c1-19-15(6-11-2-4-12(17)5-3-11)16-10-23(22-21-16)14-7-13(18)8-20-9-14/h2-5,7-10,15,19H,6H2,1H3. The van der Waals surface area contributed by atoms with Crippen LogP contribution in [0.25, 0.3) is 5.69 Å². The molecule has 0 aliphatic carbocycles. The highest BCUT2D eigenvalue weighted by Crippen LogP contribution is 2.17. The Morgan fingerprint density at radius 1 is 1.13 bits per heavy atom. The maximum Gasteiger partial charge on any atom is 0.143 e. The predicted molar refractivity (Wildman–Crippen MR) is 81.0 cm³/mol. The molecule has 0 radical (unpaired) electrons. The molecule has 0 aliphatic heterocycles. The average Bonchev–Trinajstić information content (AvgIpc) is 3.04. The fraction of sp³-hybridized carbons (Fsp3) is 0.188. The summed E-state index contributed by atoms with van der Waals surface area (Å²) in [6.45, 7) is 0. The first kappa shape index (κ1) is 15.2. The number of pyridine rings is 1. The zero-order valence-corrected chi connectivity index (χ0v) is 12.4. The van der Waals surface area contributed by atoms with Crippen molar-refractivity contribution in [1.29, 1.82) is 0 Å². The summed E-state index contributed by atoms with van der Waals surface area (Å²) >= 11 is 0. The molecule has 23 heavy (non-hydrogen) atoms. The lowest BCUT2D eigenvalue weighted by molar-refractivity contribution is 0.572. The van der Waals surface area contributed by atoms with Crippen LogP contribution in [-0.4, -0.2) is 27.0 Å². The Morgan fingerprint density at radius 3 is 2.61 bits per heavy atom. The first-order valence-electron chi connectivity index (χ1n) is 7.10. The van der Waals surface area contributed by atoms with Crippen LogP contribution in [0, 0.1) is 11.6 Å². The zero-order chi connectivity index (χ0) is 16.2. The molecule has 1 atom stereocenters. The van der Waals surface area contributed by atoms with Crippen LogP contribution in [0.2, 0.25) is 0 Å². The van der Waals surface area contributed by atoms with Crippen LogP contribution in [0.1, 0.15) is 17.3 Å². The van der Waals surface area contributed by atoms with Gasteiger partial charge in [-0.05, 0) is 31.2 Å². The number of nitrogens with one attached hydrogen (secondary N) is 1. The Labute approximate surface area is 132 Å². The van der Waals surface area contributed by atoms with Crippen molar-refractivity contribution in [3.63, 3.8) is 0 Å². The van der Waals surface area contributed by atoms with E-state index in [1.165, 1.54) is 29.1 Å². The molecule has 3 aromatic rings. The second-order valence-corrected chi connectivity index (χ2v) is 5.12. The van der Waals surface area contributed by atoms with E-state index in [1.807, 2.05) is 7.05 Å². The maximum atomic E-state index is 13.2. The number of aromatic nitrogens is 4. The van der Waals surface area contributed by atoms with Crippen molar-refractivity contribution < 1.29 is 8.78 Å². The summed E-state index contributed by atoms with van der Waals surface area (Å²) in [5.41, 5.74) is 2.19. The normalized spacial score (nSPS) is 12.3. The van der Waals surface area contributed by atoms with Crippen molar-refractivity contribution in [2.75, 3.05) is 7.05 Å². The summed E-state index contributed by atoms with van der Waals surface area (Å²) in [6.07, 6.45) is 5.00. The molecule has 1 unspecified atom stereocenters. The summed E-state index contributed by atoms with van der Waals surface area (Å²) in [7, 11) is 1.82. The average molecular weight is 315 g/mol. The molecule has 3 rings (SSSR count). The molecule has 2 heterocycles. The largest absolute Gasteiger partial charge is 0.311 e. The number of nitrogens with zero attached hydrogens (tertiary/aromatic N) is 4. The van der Waals surface area contributed by atoms with Crippen LogP contribution in [0.4, 0.5) is 8.78 Å². The number of likely N-dealkylation sites (N-methyl/N-ethyl adjacent to an activating group) is 1. The highest BCUT2D eigenvalue weighted by molar-refractivity contribution is 5.28. The zero-order valence-electron chi connectivity index (χ0n) is 12.4. The van der Waals surface area contributed by atoms with E-state index in [2.05, 4.69) is 20.6 Å². The van der Waals surface area contributed by atoms with Crippen LogP contribution in [0.3, 0.4) is 0 Å². The lowest BCUT2D eigenvalue weighted by Gasteiger charge is -2.13. The van der Waals surface area contributed by atoms with Crippen molar-refractivity contribution in [2.45, 2.75) is 12.5 Å². The van der Waals surface area contributed by atoms with Crippen LogP contribution >= 0.6 is 0 Å². The van der Waals surface area contributed by atoms with E-state index >= 15 is 0 Å². The Balaban J connectivity index is 1.81. The van der Waals surface area contributed by atoms with Gasteiger partial charge in [-0.1, -0.05) is 17.3 Å². The molecule has 0 amide bonds. The van der Waals surface area contributed by atoms with E-state index in [-0.39, 0.29) is 11.9 Å². The Kier molecular flexibility index (Phi) is 4.38. The quantitative estimate of drug-likeness (QED) is 0.786. The van der Waals surface area contributed by atoms with Gasteiger partial charge in [0.1, 0.15) is 17.3 Å². The van der Waals surface area contributed by atoms with Gasteiger partial charge in [0.15, 0.2) is 0 Å². The van der Waals surface area contributed by atoms with Gasteiger partial charge in [-0.2, -0.15) is 0 Å². The third kappa shape index (κ3) is 3.57.